The van der Waals surface area contributed by atoms with Crippen molar-refractivity contribution in [3.63, 3.8) is 0 Å². The van der Waals surface area contributed by atoms with Gasteiger partial charge >= 0.3 is 0 Å². The van der Waals surface area contributed by atoms with Crippen molar-refractivity contribution in [1.82, 2.24) is 4.90 Å². The maximum Gasteiger partial charge on any atom is 0.293 e. The first-order chi connectivity index (χ1) is 13.4. The van der Waals surface area contributed by atoms with E-state index < -0.39 is 4.92 Å². The molecule has 0 unspecified atom stereocenters. The Hall–Kier alpha value is -2.40. The number of hydrogen-bond donors (Lipinski definition) is 0. The number of benzene rings is 2. The molecule has 0 bridgehead atoms. The Balaban J connectivity index is 1.69. The third kappa shape index (κ3) is 4.53. The highest BCUT2D eigenvalue weighted by molar-refractivity contribution is 14.1. The third-order valence-electron chi connectivity index (χ3n) is 3.99. The van der Waals surface area contributed by atoms with Gasteiger partial charge in [0.1, 0.15) is 12.4 Å². The molecule has 28 heavy (non-hydrogen) atoms. The number of carbonyl (C=O) groups excluding carboxylic acids is 2. The average molecular weight is 510 g/mol. The van der Waals surface area contributed by atoms with Crippen LogP contribution < -0.4 is 4.74 Å². The first-order valence-electron chi connectivity index (χ1n) is 8.30. The number of nitro benzene ring substituents is 1. The molecule has 9 heteroatoms. The monoisotopic (exact) mass is 510 g/mol. The van der Waals surface area contributed by atoms with E-state index in [1.165, 1.54) is 17.0 Å². The number of carbonyl (C=O) groups is 2. The van der Waals surface area contributed by atoms with Crippen molar-refractivity contribution in [2.24, 2.45) is 0 Å². The lowest BCUT2D eigenvalue weighted by molar-refractivity contribution is -0.384. The largest absolute Gasteiger partial charge is 0.488 e. The van der Waals surface area contributed by atoms with Gasteiger partial charge in [0.05, 0.1) is 13.4 Å². The first-order valence-corrected chi connectivity index (χ1v) is 10.2. The lowest BCUT2D eigenvalue weighted by Gasteiger charge is -2.09. The summed E-state index contributed by atoms with van der Waals surface area (Å²) in [5.41, 5.74) is 1.66. The first kappa shape index (κ1) is 20.3. The van der Waals surface area contributed by atoms with Gasteiger partial charge in [-0.25, -0.2) is 0 Å². The Morgan fingerprint density at radius 2 is 1.93 bits per heavy atom. The molecule has 144 valence electrons. The molecule has 1 aliphatic heterocycles. The number of amides is 2. The summed E-state index contributed by atoms with van der Waals surface area (Å²) in [5.74, 6) is 0.392. The molecule has 3 rings (SSSR count). The topological polar surface area (TPSA) is 89.8 Å². The molecule has 0 atom stereocenters. The van der Waals surface area contributed by atoms with Crippen molar-refractivity contribution < 1.29 is 19.2 Å². The van der Waals surface area contributed by atoms with Crippen LogP contribution in [-0.4, -0.2) is 27.5 Å². The van der Waals surface area contributed by atoms with Gasteiger partial charge in [-0.1, -0.05) is 6.07 Å². The fraction of sp³-hybridized carbons (Fsp3) is 0.158. The van der Waals surface area contributed by atoms with E-state index in [-0.39, 0.29) is 23.4 Å². The van der Waals surface area contributed by atoms with Gasteiger partial charge in [-0.05, 0) is 82.7 Å². The van der Waals surface area contributed by atoms with Crippen LogP contribution in [0.1, 0.15) is 18.1 Å². The summed E-state index contributed by atoms with van der Waals surface area (Å²) in [5, 5.41) is 10.4. The summed E-state index contributed by atoms with van der Waals surface area (Å²) in [6.07, 6.45) is 1.70. The minimum absolute atomic E-state index is 0.0372. The normalized spacial score (nSPS) is 15.4. The van der Waals surface area contributed by atoms with E-state index in [4.69, 9.17) is 4.74 Å². The zero-order valence-corrected chi connectivity index (χ0v) is 17.7. The summed E-state index contributed by atoms with van der Waals surface area (Å²) < 4.78 is 6.64. The minimum Gasteiger partial charge on any atom is -0.488 e. The second kappa shape index (κ2) is 8.74. The van der Waals surface area contributed by atoms with Crippen LogP contribution in [-0.2, 0) is 11.4 Å². The van der Waals surface area contributed by atoms with Gasteiger partial charge in [-0.2, -0.15) is 0 Å². The van der Waals surface area contributed by atoms with Gasteiger partial charge in [0, 0.05) is 18.7 Å². The van der Waals surface area contributed by atoms with Crippen molar-refractivity contribution >= 4 is 57.3 Å². The molecule has 0 spiro atoms. The standard InChI is InChI=1S/C19H15IN2O5S/c1-2-21-18(23)17(28-19(21)24)10-13-5-8-16(15(20)9-13)27-11-12-3-6-14(7-4-12)22(25)26/h3-10H,2,11H2,1H3/b17-10+. The minimum atomic E-state index is -0.443. The quantitative estimate of drug-likeness (QED) is 0.239. The molecule has 2 aromatic carbocycles. The van der Waals surface area contributed by atoms with Gasteiger partial charge in [0.15, 0.2) is 0 Å². The highest BCUT2D eigenvalue weighted by atomic mass is 127. The van der Waals surface area contributed by atoms with E-state index in [1.807, 2.05) is 12.1 Å². The van der Waals surface area contributed by atoms with Crippen LogP contribution >= 0.6 is 34.4 Å². The van der Waals surface area contributed by atoms with Crippen LogP contribution in [0.5, 0.6) is 5.75 Å². The van der Waals surface area contributed by atoms with Gasteiger partial charge in [-0.15, -0.1) is 0 Å². The second-order valence-electron chi connectivity index (χ2n) is 5.83. The molecule has 0 aromatic heterocycles. The van der Waals surface area contributed by atoms with Gasteiger partial charge < -0.3 is 4.74 Å². The van der Waals surface area contributed by atoms with E-state index in [1.54, 1.807) is 31.2 Å². The maximum atomic E-state index is 12.2. The van der Waals surface area contributed by atoms with Crippen LogP contribution in [0.3, 0.4) is 0 Å². The summed E-state index contributed by atoms with van der Waals surface area (Å²) in [6.45, 7) is 2.40. The SMILES string of the molecule is CCN1C(=O)S/C(=C/c2ccc(OCc3ccc([N+](=O)[O-])cc3)c(I)c2)C1=O. The van der Waals surface area contributed by atoms with E-state index in [9.17, 15) is 19.7 Å². The number of likely N-dealkylation sites (N-methyl/N-ethyl adjacent to an activating group) is 1. The van der Waals surface area contributed by atoms with Gasteiger partial charge in [0.25, 0.3) is 16.8 Å². The fourth-order valence-corrected chi connectivity index (χ4v) is 4.12. The molecular formula is C19H15IN2O5S. The third-order valence-corrected chi connectivity index (χ3v) is 5.74. The number of rotatable bonds is 6. The lowest BCUT2D eigenvalue weighted by atomic mass is 10.2. The van der Waals surface area contributed by atoms with Gasteiger partial charge in [0.2, 0.25) is 0 Å². The predicted molar refractivity (Wildman–Crippen MR) is 115 cm³/mol. The fourth-order valence-electron chi connectivity index (χ4n) is 2.52. The smallest absolute Gasteiger partial charge is 0.293 e. The molecule has 0 radical (unpaired) electrons. The number of thioether (sulfide) groups is 1. The van der Waals surface area contributed by atoms with Crippen molar-refractivity contribution in [3.05, 3.63) is 72.2 Å². The highest BCUT2D eigenvalue weighted by Crippen LogP contribution is 2.33. The van der Waals surface area contributed by atoms with Crippen LogP contribution in [0.4, 0.5) is 10.5 Å². The molecule has 0 N–H and O–H groups in total. The Bertz CT molecular complexity index is 975. The molecule has 0 aliphatic carbocycles. The summed E-state index contributed by atoms with van der Waals surface area (Å²) in [6, 6.07) is 11.7. The van der Waals surface area contributed by atoms with Crippen LogP contribution in [0.15, 0.2) is 47.4 Å². The highest BCUT2D eigenvalue weighted by Gasteiger charge is 2.33. The molecule has 1 heterocycles. The Morgan fingerprint density at radius 3 is 2.50 bits per heavy atom. The van der Waals surface area contributed by atoms with E-state index in [2.05, 4.69) is 22.6 Å². The van der Waals surface area contributed by atoms with E-state index in [0.29, 0.717) is 17.2 Å². The molecule has 1 aliphatic rings. The zero-order valence-electron chi connectivity index (χ0n) is 14.8. The molecule has 7 nitrogen and oxygen atoms in total. The van der Waals surface area contributed by atoms with Gasteiger partial charge in [-0.3, -0.25) is 24.6 Å². The zero-order chi connectivity index (χ0) is 20.3. The lowest BCUT2D eigenvalue weighted by Crippen LogP contribution is -2.27. The molecule has 0 saturated carbocycles. The number of non-ortho nitro benzene ring substituents is 1. The number of nitro groups is 1. The summed E-state index contributed by atoms with van der Waals surface area (Å²) >= 11 is 3.08. The van der Waals surface area contributed by atoms with Crippen LogP contribution in [0, 0.1) is 13.7 Å². The number of halogens is 1. The second-order valence-corrected chi connectivity index (χ2v) is 7.98. The molecular weight excluding hydrogens is 495 g/mol. The number of imide groups is 1. The Kier molecular flexibility index (Phi) is 6.35. The average Bonchev–Trinajstić information content (AvgIpc) is 2.94. The summed E-state index contributed by atoms with van der Waals surface area (Å²) in [7, 11) is 0. The number of nitrogens with zero attached hydrogens (tertiary/aromatic N) is 2. The summed E-state index contributed by atoms with van der Waals surface area (Å²) in [4.78, 5) is 35.8. The van der Waals surface area contributed by atoms with Crippen LogP contribution in [0.2, 0.25) is 0 Å². The maximum absolute atomic E-state index is 12.2. The Morgan fingerprint density at radius 1 is 1.21 bits per heavy atom. The Labute approximate surface area is 179 Å². The van der Waals surface area contributed by atoms with E-state index >= 15 is 0 Å². The van der Waals surface area contributed by atoms with Crippen molar-refractivity contribution in [2.75, 3.05) is 6.54 Å². The molecule has 2 aromatic rings. The molecule has 2 amide bonds. The van der Waals surface area contributed by atoms with Crippen molar-refractivity contribution in [2.45, 2.75) is 13.5 Å². The predicted octanol–water partition coefficient (Wildman–Crippen LogP) is 4.83. The van der Waals surface area contributed by atoms with Crippen LogP contribution in [0.25, 0.3) is 6.08 Å². The van der Waals surface area contributed by atoms with Crippen molar-refractivity contribution in [3.8, 4) is 5.75 Å². The number of hydrogen-bond acceptors (Lipinski definition) is 6. The molecule has 1 saturated heterocycles. The number of ether oxygens (including phenoxy) is 1. The molecule has 1 fully saturated rings. The van der Waals surface area contributed by atoms with Crippen molar-refractivity contribution in [1.29, 1.82) is 0 Å². The van der Waals surface area contributed by atoms with E-state index in [0.717, 1.165) is 26.5 Å².